The fourth-order valence-corrected chi connectivity index (χ4v) is 6.51. The molecule has 0 heterocycles. The van der Waals surface area contributed by atoms with Crippen molar-refractivity contribution in [3.8, 4) is 0 Å². The number of Topliss-reactive ketones (excluding diaryl/α,β-unsaturated/α-hetero) is 1. The van der Waals surface area contributed by atoms with Crippen LogP contribution in [0, 0.1) is 11.8 Å². The summed E-state index contributed by atoms with van der Waals surface area (Å²) >= 11 is 0. The summed E-state index contributed by atoms with van der Waals surface area (Å²) in [5, 5.41) is 8.98. The Hall–Kier alpha value is -0.943. The fraction of sp³-hybridized carbons (Fsp3) is 0.852. The molecule has 184 valence electrons. The SMILES string of the molecule is CC(C)(C)[Si](C)(C)O[C@@H](CCC1=CCC(=O)[C@@H]1CCCCCCC(=O)O)C1CCCCC1. The molecule has 0 aliphatic heterocycles. The predicted molar refractivity (Wildman–Crippen MR) is 134 cm³/mol. The van der Waals surface area contributed by atoms with Crippen molar-refractivity contribution in [2.75, 3.05) is 0 Å². The van der Waals surface area contributed by atoms with E-state index in [0.717, 1.165) is 44.9 Å². The molecule has 2 atom stereocenters. The number of hydrogen-bond donors (Lipinski definition) is 1. The van der Waals surface area contributed by atoms with Crippen LogP contribution in [0.5, 0.6) is 0 Å². The largest absolute Gasteiger partial charge is 0.481 e. The number of carbonyl (C=O) groups excluding carboxylic acids is 1. The molecule has 5 heteroatoms. The van der Waals surface area contributed by atoms with E-state index in [9.17, 15) is 9.59 Å². The maximum absolute atomic E-state index is 12.5. The summed E-state index contributed by atoms with van der Waals surface area (Å²) in [6.07, 6.45) is 16.6. The summed E-state index contributed by atoms with van der Waals surface area (Å²) in [6, 6.07) is 0. The third-order valence-electron chi connectivity index (χ3n) is 8.18. The molecular formula is C27H48O4Si. The van der Waals surface area contributed by atoms with Gasteiger partial charge in [0.2, 0.25) is 0 Å². The highest BCUT2D eigenvalue weighted by molar-refractivity contribution is 6.74. The predicted octanol–water partition coefficient (Wildman–Crippen LogP) is 7.68. The Morgan fingerprint density at radius 3 is 2.41 bits per heavy atom. The standard InChI is InChI=1S/C27H48O4Si/c1-27(2,3)32(4,5)31-25(22-13-9-8-10-14-22)20-18-21-17-19-24(28)23(21)15-11-6-7-12-16-26(29)30/h17,22-23,25H,6-16,18-20H2,1-5H3,(H,29,30)/t23-,25+/m1/s1. The summed E-state index contributed by atoms with van der Waals surface area (Å²) in [5.74, 6) is 0.427. The molecule has 0 bridgehead atoms. The highest BCUT2D eigenvalue weighted by atomic mass is 28.4. The summed E-state index contributed by atoms with van der Waals surface area (Å²) in [7, 11) is -1.83. The third-order valence-corrected chi connectivity index (χ3v) is 12.7. The van der Waals surface area contributed by atoms with Crippen LogP contribution in [0.1, 0.15) is 111 Å². The second-order valence-electron chi connectivity index (χ2n) is 11.7. The molecule has 4 nitrogen and oxygen atoms in total. The normalized spacial score (nSPS) is 21.6. The average molecular weight is 465 g/mol. The molecule has 2 aliphatic carbocycles. The second kappa shape index (κ2) is 12.5. The Kier molecular flexibility index (Phi) is 10.7. The van der Waals surface area contributed by atoms with E-state index >= 15 is 0 Å². The topological polar surface area (TPSA) is 63.6 Å². The Labute approximate surface area is 197 Å². The van der Waals surface area contributed by atoms with Gasteiger partial charge in [0.25, 0.3) is 0 Å². The highest BCUT2D eigenvalue weighted by Gasteiger charge is 2.41. The fourth-order valence-electron chi connectivity index (χ4n) is 5.08. The van der Waals surface area contributed by atoms with E-state index in [1.807, 2.05) is 0 Å². The molecule has 1 saturated carbocycles. The van der Waals surface area contributed by atoms with Crippen LogP contribution in [0.4, 0.5) is 0 Å². The Bertz CT molecular complexity index is 641. The Balaban J connectivity index is 1.91. The van der Waals surface area contributed by atoms with E-state index in [2.05, 4.69) is 39.9 Å². The van der Waals surface area contributed by atoms with Crippen LogP contribution in [0.2, 0.25) is 18.1 Å². The molecule has 0 aromatic heterocycles. The van der Waals surface area contributed by atoms with E-state index in [1.54, 1.807) is 0 Å². The van der Waals surface area contributed by atoms with Crippen LogP contribution in [-0.4, -0.2) is 31.3 Å². The number of hydrogen-bond acceptors (Lipinski definition) is 3. The molecule has 0 unspecified atom stereocenters. The maximum atomic E-state index is 12.5. The van der Waals surface area contributed by atoms with Crippen LogP contribution >= 0.6 is 0 Å². The average Bonchev–Trinajstić information content (AvgIpc) is 3.07. The van der Waals surface area contributed by atoms with E-state index in [0.29, 0.717) is 24.2 Å². The van der Waals surface area contributed by atoms with E-state index in [4.69, 9.17) is 9.53 Å². The molecule has 2 aliphatic rings. The monoisotopic (exact) mass is 464 g/mol. The summed E-state index contributed by atoms with van der Waals surface area (Å²) < 4.78 is 6.99. The van der Waals surface area contributed by atoms with Gasteiger partial charge < -0.3 is 9.53 Å². The van der Waals surface area contributed by atoms with Crippen molar-refractivity contribution in [2.45, 2.75) is 135 Å². The lowest BCUT2D eigenvalue weighted by atomic mass is 9.82. The molecular weight excluding hydrogens is 416 g/mol. The van der Waals surface area contributed by atoms with Crippen LogP contribution in [0.25, 0.3) is 0 Å². The van der Waals surface area contributed by atoms with Gasteiger partial charge in [0.1, 0.15) is 5.78 Å². The molecule has 2 rings (SSSR count). The van der Waals surface area contributed by atoms with Gasteiger partial charge in [-0.15, -0.1) is 0 Å². The van der Waals surface area contributed by atoms with Gasteiger partial charge in [-0.3, -0.25) is 9.59 Å². The van der Waals surface area contributed by atoms with Crippen LogP contribution in [0.15, 0.2) is 11.6 Å². The number of allylic oxidation sites excluding steroid dienone is 2. The molecule has 0 amide bonds. The second-order valence-corrected chi connectivity index (χ2v) is 16.5. The van der Waals surface area contributed by atoms with Gasteiger partial charge in [-0.2, -0.15) is 0 Å². The smallest absolute Gasteiger partial charge is 0.303 e. The lowest BCUT2D eigenvalue weighted by Gasteiger charge is -2.42. The highest BCUT2D eigenvalue weighted by Crippen LogP contribution is 2.41. The van der Waals surface area contributed by atoms with Crippen molar-refractivity contribution in [3.05, 3.63) is 11.6 Å². The summed E-state index contributed by atoms with van der Waals surface area (Å²) in [4.78, 5) is 23.2. The number of carbonyl (C=O) groups is 2. The summed E-state index contributed by atoms with van der Waals surface area (Å²) in [6.45, 7) is 11.7. The number of rotatable bonds is 13. The first-order chi connectivity index (χ1) is 15.0. The van der Waals surface area contributed by atoms with Gasteiger partial charge in [0, 0.05) is 24.9 Å². The minimum Gasteiger partial charge on any atom is -0.481 e. The van der Waals surface area contributed by atoms with E-state index < -0.39 is 14.3 Å². The number of ketones is 1. The van der Waals surface area contributed by atoms with E-state index in [1.165, 1.54) is 37.7 Å². The lowest BCUT2D eigenvalue weighted by Crippen LogP contribution is -2.46. The zero-order valence-corrected chi connectivity index (χ0v) is 22.4. The number of carboxylic acid groups (broad SMARTS) is 1. The van der Waals surface area contributed by atoms with Gasteiger partial charge in [-0.1, -0.05) is 70.9 Å². The van der Waals surface area contributed by atoms with Crippen molar-refractivity contribution in [3.63, 3.8) is 0 Å². The molecule has 1 N–H and O–H groups in total. The molecule has 0 aromatic carbocycles. The van der Waals surface area contributed by atoms with Gasteiger partial charge in [-0.05, 0) is 62.6 Å². The minimum atomic E-state index is -1.83. The lowest BCUT2D eigenvalue weighted by molar-refractivity contribution is -0.137. The minimum absolute atomic E-state index is 0.0920. The zero-order valence-electron chi connectivity index (χ0n) is 21.4. The van der Waals surface area contributed by atoms with Gasteiger partial charge in [0.05, 0.1) is 0 Å². The zero-order chi connectivity index (χ0) is 23.8. The quantitative estimate of drug-likeness (QED) is 0.172. The van der Waals surface area contributed by atoms with Crippen LogP contribution < -0.4 is 0 Å². The van der Waals surface area contributed by atoms with E-state index in [-0.39, 0.29) is 17.4 Å². The Morgan fingerprint density at radius 1 is 1.12 bits per heavy atom. The first kappa shape index (κ1) is 27.3. The number of aliphatic carboxylic acids is 1. The van der Waals surface area contributed by atoms with Crippen molar-refractivity contribution >= 4 is 20.1 Å². The Morgan fingerprint density at radius 2 is 1.78 bits per heavy atom. The van der Waals surface area contributed by atoms with Crippen LogP contribution in [-0.2, 0) is 14.0 Å². The third kappa shape index (κ3) is 8.44. The van der Waals surface area contributed by atoms with Gasteiger partial charge in [0.15, 0.2) is 8.32 Å². The number of carboxylic acids is 1. The van der Waals surface area contributed by atoms with Gasteiger partial charge in [-0.25, -0.2) is 0 Å². The first-order valence-electron chi connectivity index (χ1n) is 13.1. The van der Waals surface area contributed by atoms with Crippen molar-refractivity contribution in [1.82, 2.24) is 0 Å². The van der Waals surface area contributed by atoms with Crippen molar-refractivity contribution in [1.29, 1.82) is 0 Å². The van der Waals surface area contributed by atoms with Crippen molar-refractivity contribution < 1.29 is 19.1 Å². The maximum Gasteiger partial charge on any atom is 0.303 e. The summed E-state index contributed by atoms with van der Waals surface area (Å²) in [5.41, 5.74) is 1.35. The molecule has 0 aromatic rings. The molecule has 0 spiro atoms. The molecule has 1 fully saturated rings. The van der Waals surface area contributed by atoms with Crippen molar-refractivity contribution in [2.24, 2.45) is 11.8 Å². The molecule has 0 saturated heterocycles. The van der Waals surface area contributed by atoms with Crippen LogP contribution in [0.3, 0.4) is 0 Å². The molecule has 32 heavy (non-hydrogen) atoms. The molecule has 0 radical (unpaired) electrons. The first-order valence-corrected chi connectivity index (χ1v) is 16.0. The van der Waals surface area contributed by atoms with Gasteiger partial charge >= 0.3 is 5.97 Å². The number of unbranched alkanes of at least 4 members (excludes halogenated alkanes) is 3.